The molecule has 20 heteroatoms. The molecule has 478 valence electrons. The van der Waals surface area contributed by atoms with E-state index in [0.29, 0.717) is 33.4 Å². The quantitative estimate of drug-likeness (QED) is 0.0456. The Morgan fingerprint density at radius 3 is 0.860 bits per heavy atom. The molecule has 0 spiro atoms. The Kier molecular flexibility index (Phi) is 18.4. The van der Waals surface area contributed by atoms with E-state index in [4.69, 9.17) is 18.9 Å². The largest absolute Gasteiger partial charge is 0.416 e. The van der Waals surface area contributed by atoms with Crippen molar-refractivity contribution in [3.63, 3.8) is 0 Å². The normalized spacial score (nSPS) is 17.7. The molecule has 11 rings (SSSR count). The number of ether oxygens (including phenoxy) is 4. The van der Waals surface area contributed by atoms with Gasteiger partial charge >= 0.3 is 24.7 Å². The maximum Gasteiger partial charge on any atom is 0.416 e. The number of methoxy groups -OCH3 is 1. The van der Waals surface area contributed by atoms with Crippen molar-refractivity contribution in [2.45, 2.75) is 59.1 Å². The molecule has 4 atom stereocenters. The third-order valence-corrected chi connectivity index (χ3v) is 24.3. The highest BCUT2D eigenvalue weighted by Crippen LogP contribution is 2.69. The van der Waals surface area contributed by atoms with Crippen LogP contribution in [-0.2, 0) is 64.0 Å². The predicted molar refractivity (Wildman–Crippen MR) is 332 cm³/mol. The van der Waals surface area contributed by atoms with Crippen LogP contribution in [0.3, 0.4) is 0 Å². The fraction of sp³-hybridized carbons (Fsp3) is 0.178. The monoisotopic (exact) mass is 1320 g/mol. The van der Waals surface area contributed by atoms with E-state index in [2.05, 4.69) is 0 Å². The van der Waals surface area contributed by atoms with Crippen molar-refractivity contribution in [3.05, 3.63) is 335 Å². The summed E-state index contributed by atoms with van der Waals surface area (Å²) in [6.45, 7) is -2.06. The summed E-state index contributed by atoms with van der Waals surface area (Å²) in [4.78, 5) is 0. The number of halogens is 12. The first-order valence-corrected chi connectivity index (χ1v) is 32.6. The van der Waals surface area contributed by atoms with Gasteiger partial charge in [-0.05, 0) is 69.8 Å². The lowest BCUT2D eigenvalue weighted by Crippen LogP contribution is -2.54. The molecule has 0 aromatic heterocycles. The Morgan fingerprint density at radius 2 is 0.602 bits per heavy atom. The van der Waals surface area contributed by atoms with E-state index in [-0.39, 0.29) is 47.0 Å². The van der Waals surface area contributed by atoms with E-state index < -0.39 is 119 Å². The zero-order chi connectivity index (χ0) is 66.1. The van der Waals surface area contributed by atoms with E-state index in [1.807, 2.05) is 0 Å². The molecule has 0 amide bonds. The zero-order valence-electron chi connectivity index (χ0n) is 49.1. The fourth-order valence-corrected chi connectivity index (χ4v) is 21.0. The summed E-state index contributed by atoms with van der Waals surface area (Å²) in [5, 5.41) is -3.38. The van der Waals surface area contributed by atoms with Gasteiger partial charge in [0.05, 0.1) is 46.3 Å². The second kappa shape index (κ2) is 25.9. The molecule has 10 aromatic rings. The molecule has 0 saturated carbocycles. The van der Waals surface area contributed by atoms with Crippen LogP contribution in [0, 0.1) is 0 Å². The van der Waals surface area contributed by atoms with Gasteiger partial charge in [0.1, 0.15) is 25.0 Å². The summed E-state index contributed by atoms with van der Waals surface area (Å²) in [7, 11) is -10.6. The van der Waals surface area contributed by atoms with E-state index in [9.17, 15) is 0 Å². The van der Waals surface area contributed by atoms with Crippen molar-refractivity contribution in [2.24, 2.45) is 0 Å². The Morgan fingerprint density at radius 1 is 0.344 bits per heavy atom. The molecular weight excluding hydrogens is 1260 g/mol. The number of hydrogen-bond acceptors (Lipinski definition) is 6. The Hall–Kier alpha value is -8.34. The first-order chi connectivity index (χ1) is 44.3. The third kappa shape index (κ3) is 12.6. The highest BCUT2D eigenvalue weighted by atomic mass is 31.2. The predicted octanol–water partition coefficient (Wildman–Crippen LogP) is 17.6. The maximum absolute atomic E-state index is 18.4. The molecule has 1 aliphatic rings. The highest BCUT2D eigenvalue weighted by molar-refractivity contribution is 7.83. The van der Waals surface area contributed by atoms with Crippen molar-refractivity contribution < 1.29 is 80.8 Å². The van der Waals surface area contributed by atoms with Gasteiger partial charge in [-0.15, -0.1) is 0 Å². The summed E-state index contributed by atoms with van der Waals surface area (Å²) in [6.07, 6.45) is -25.3. The third-order valence-electron chi connectivity index (χ3n) is 16.9. The summed E-state index contributed by atoms with van der Waals surface area (Å²) < 4.78 is 253. The van der Waals surface area contributed by atoms with Gasteiger partial charge in [0.15, 0.2) is 7.14 Å². The topological polar surface area (TPSA) is 71.1 Å². The van der Waals surface area contributed by atoms with Crippen molar-refractivity contribution in [1.29, 1.82) is 0 Å². The van der Waals surface area contributed by atoms with Crippen LogP contribution in [0.25, 0.3) is 0 Å². The molecule has 10 aromatic carbocycles. The zero-order valence-corrected chi connectivity index (χ0v) is 50.9. The van der Waals surface area contributed by atoms with Gasteiger partial charge in [0.2, 0.25) is 5.79 Å². The van der Waals surface area contributed by atoms with Crippen LogP contribution < -0.4 is 21.2 Å². The lowest BCUT2D eigenvalue weighted by molar-refractivity contribution is -0.254. The smallest absolute Gasteiger partial charge is 0.358 e. The molecular formula is C73H56F12O6P2. The summed E-state index contributed by atoms with van der Waals surface area (Å²) >= 11 is 0. The maximum atomic E-state index is 18.4. The highest BCUT2D eigenvalue weighted by Gasteiger charge is 2.69. The van der Waals surface area contributed by atoms with Gasteiger partial charge in [-0.3, -0.25) is 0 Å². The molecule has 1 aliphatic heterocycles. The Bertz CT molecular complexity index is 3880. The van der Waals surface area contributed by atoms with E-state index in [1.54, 1.807) is 182 Å². The van der Waals surface area contributed by atoms with Crippen LogP contribution in [0.5, 0.6) is 0 Å². The molecule has 1 heterocycles. The van der Waals surface area contributed by atoms with Crippen LogP contribution in [0.1, 0.15) is 55.6 Å². The van der Waals surface area contributed by atoms with E-state index in [0.717, 1.165) is 7.11 Å². The molecule has 0 aliphatic carbocycles. The molecule has 1 fully saturated rings. The van der Waals surface area contributed by atoms with Crippen LogP contribution in [0.15, 0.2) is 279 Å². The van der Waals surface area contributed by atoms with Gasteiger partial charge in [0.25, 0.3) is 0 Å². The van der Waals surface area contributed by atoms with Crippen LogP contribution in [0.4, 0.5) is 52.7 Å². The average Bonchev–Trinajstić information content (AvgIpc) is 1.59. The second-order valence-corrected chi connectivity index (χ2v) is 28.1. The van der Waals surface area contributed by atoms with Gasteiger partial charge in [-0.1, -0.05) is 243 Å². The fourth-order valence-electron chi connectivity index (χ4n) is 12.7. The van der Waals surface area contributed by atoms with Crippen LogP contribution >= 0.6 is 14.3 Å². The van der Waals surface area contributed by atoms with Gasteiger partial charge < -0.3 is 28.1 Å². The number of hydrogen-bond donors (Lipinski definition) is 0. The second-order valence-electron chi connectivity index (χ2n) is 22.3. The molecule has 0 unspecified atom stereocenters. The molecule has 0 N–H and O–H groups in total. The lowest BCUT2D eigenvalue weighted by atomic mass is 9.80. The lowest BCUT2D eigenvalue weighted by Gasteiger charge is -2.44. The summed E-state index contributed by atoms with van der Waals surface area (Å²) in [5.41, 5.74) is -14.8. The molecule has 6 nitrogen and oxygen atoms in total. The minimum absolute atomic E-state index is 0.00518. The van der Waals surface area contributed by atoms with E-state index in [1.165, 1.54) is 60.7 Å². The molecule has 1 saturated heterocycles. The van der Waals surface area contributed by atoms with Crippen molar-refractivity contribution in [3.8, 4) is 0 Å². The summed E-state index contributed by atoms with van der Waals surface area (Å²) in [6, 6.07) is 64.9. The van der Waals surface area contributed by atoms with Crippen molar-refractivity contribution in [2.75, 3.05) is 20.3 Å². The van der Waals surface area contributed by atoms with Gasteiger partial charge in [-0.2, -0.15) is 52.7 Å². The molecule has 93 heavy (non-hydrogen) atoms. The SMILES string of the molecule is CO[C@@]1(COC(c2ccccc2)(c2ccccc2)c2ccccc2)O[C@H](COC(c2ccccc2)(c2ccccc2)c2ccccc2)[C@@H](P(=O)(c2cc(C(F)(F)F)cc(C(F)(F)F)c2)c2cc(C(F)(F)F)cc(C(F)(F)F)c2)[C@@H]1P(=O)(c1ccccc1)c1ccccc1. The van der Waals surface area contributed by atoms with Crippen LogP contribution in [-0.4, -0.2) is 43.5 Å². The number of benzene rings is 10. The Labute approximate surface area is 528 Å². The number of alkyl halides is 12. The first kappa shape index (κ1) is 66.1. The van der Waals surface area contributed by atoms with Gasteiger partial charge in [-0.25, -0.2) is 0 Å². The first-order valence-electron chi connectivity index (χ1n) is 29.0. The van der Waals surface area contributed by atoms with Crippen LogP contribution in [0.2, 0.25) is 0 Å². The number of rotatable bonds is 19. The minimum atomic E-state index is -6.45. The van der Waals surface area contributed by atoms with Crippen molar-refractivity contribution in [1.82, 2.24) is 0 Å². The average molecular weight is 1320 g/mol. The molecule has 0 radical (unpaired) electrons. The standard InChI is InChI=1S/C73H56F12O6P2/c1-88-67(49-90-69(53-32-16-5-17-33-53,54-34-18-6-19-35-54)55-36-20-7-21-37-55)66(93(87,60-38-22-8-23-39-60)61-40-24-9-25-41-61)65(64(91-67)48-89-68(50-26-10-2-11-27-50,51-28-12-3-13-29-51)52-30-14-4-15-31-52)92(86,62-44-56(70(74,75)76)42-57(45-62)71(77,78)79)63-46-58(72(80,81)82)43-59(47-63)73(83,84)85/h2-47,64-66H,48-49H2,1H3/t64-,65-,66+,67+/m1/s1. The minimum Gasteiger partial charge on any atom is -0.358 e. The Balaban J connectivity index is 1.32. The van der Waals surface area contributed by atoms with E-state index >= 15 is 61.8 Å². The van der Waals surface area contributed by atoms with Gasteiger partial charge in [0, 0.05) is 28.3 Å². The summed E-state index contributed by atoms with van der Waals surface area (Å²) in [5.74, 6) is -2.86. The van der Waals surface area contributed by atoms with Crippen molar-refractivity contribution >= 4 is 35.5 Å². The molecule has 0 bridgehead atoms.